The molecule has 0 spiro atoms. The van der Waals surface area contributed by atoms with Crippen molar-refractivity contribution in [1.82, 2.24) is 9.78 Å². The van der Waals surface area contributed by atoms with Gasteiger partial charge in [0.2, 0.25) is 5.43 Å². The molecule has 1 N–H and O–H groups in total. The smallest absolute Gasteiger partial charge is 0.280 e. The molecule has 0 unspecified atom stereocenters. The Morgan fingerprint density at radius 3 is 2.48 bits per heavy atom. The third-order valence-corrected chi connectivity index (χ3v) is 4.92. The molecule has 5 nitrogen and oxygen atoms in total. The number of nitrogens with one attached hydrogen (secondary N) is 1. The minimum Gasteiger partial charge on any atom is -0.320 e. The molecule has 1 heterocycles. The normalized spacial score (nSPS) is 10.5. The van der Waals surface area contributed by atoms with E-state index in [1.165, 1.54) is 6.07 Å². The van der Waals surface area contributed by atoms with Crippen molar-refractivity contribution >= 4 is 34.2 Å². The molecule has 0 bridgehead atoms. The van der Waals surface area contributed by atoms with E-state index in [1.54, 1.807) is 17.7 Å². The minimum absolute atomic E-state index is 0.134. The average Bonchev–Trinajstić information content (AvgIpc) is 2.59. The lowest BCUT2D eigenvalue weighted by molar-refractivity contribution is 0.101. The fourth-order valence-corrected chi connectivity index (χ4v) is 2.91. The van der Waals surface area contributed by atoms with Crippen LogP contribution in [-0.4, -0.2) is 15.7 Å². The zero-order valence-electron chi connectivity index (χ0n) is 13.8. The number of hydrogen-bond acceptors (Lipinski definition) is 3. The number of carbonyl (C=O) groups excluding carboxylic acids is 1. The number of rotatable bonds is 3. The van der Waals surface area contributed by atoms with Crippen LogP contribution in [0.4, 0.5) is 5.69 Å². The van der Waals surface area contributed by atoms with E-state index in [0.29, 0.717) is 11.4 Å². The number of para-hydroxylation sites is 1. The van der Waals surface area contributed by atoms with Crippen molar-refractivity contribution in [2.45, 2.75) is 13.8 Å². The van der Waals surface area contributed by atoms with E-state index in [4.69, 9.17) is 0 Å². The Bertz CT molecular complexity index is 997. The number of aryl methyl sites for hydroxylation is 2. The fourth-order valence-electron chi connectivity index (χ4n) is 2.40. The first-order valence-corrected chi connectivity index (χ1v) is 8.77. The van der Waals surface area contributed by atoms with Gasteiger partial charge in [-0.15, -0.1) is 0 Å². The molecular weight excluding hydrogens is 429 g/mol. The van der Waals surface area contributed by atoms with Gasteiger partial charge < -0.3 is 5.32 Å². The molecule has 0 saturated carbocycles. The maximum atomic E-state index is 12.5. The van der Waals surface area contributed by atoms with Crippen LogP contribution in [0.3, 0.4) is 0 Å². The summed E-state index contributed by atoms with van der Waals surface area (Å²) in [4.78, 5) is 24.8. The number of nitrogens with zero attached hydrogens (tertiary/aromatic N) is 2. The maximum Gasteiger partial charge on any atom is 0.280 e. The van der Waals surface area contributed by atoms with E-state index in [2.05, 4.69) is 33.0 Å². The molecule has 1 amide bonds. The van der Waals surface area contributed by atoms with Crippen LogP contribution >= 0.6 is 22.6 Å². The van der Waals surface area contributed by atoms with Crippen LogP contribution in [0.1, 0.15) is 21.7 Å². The third kappa shape index (κ3) is 3.79. The molecule has 126 valence electrons. The van der Waals surface area contributed by atoms with Gasteiger partial charge in [0, 0.05) is 21.0 Å². The lowest BCUT2D eigenvalue weighted by Crippen LogP contribution is -2.26. The summed E-state index contributed by atoms with van der Waals surface area (Å²) in [5.74, 6) is -0.519. The Hall–Kier alpha value is -2.48. The first kappa shape index (κ1) is 17.3. The molecule has 2 aromatic carbocycles. The predicted octanol–water partition coefficient (Wildman–Crippen LogP) is 3.71. The van der Waals surface area contributed by atoms with Gasteiger partial charge in [0.15, 0.2) is 5.69 Å². The molecule has 3 rings (SSSR count). The van der Waals surface area contributed by atoms with Crippen molar-refractivity contribution in [3.8, 4) is 5.69 Å². The highest BCUT2D eigenvalue weighted by Crippen LogP contribution is 2.17. The summed E-state index contributed by atoms with van der Waals surface area (Å²) in [5, 5.41) is 7.01. The molecule has 0 saturated heterocycles. The summed E-state index contributed by atoms with van der Waals surface area (Å²) in [6.07, 6.45) is 0. The zero-order chi connectivity index (χ0) is 18.0. The lowest BCUT2D eigenvalue weighted by atomic mass is 10.2. The second-order valence-corrected chi connectivity index (χ2v) is 6.83. The highest BCUT2D eigenvalue weighted by atomic mass is 127. The van der Waals surface area contributed by atoms with Crippen molar-refractivity contribution in [3.05, 3.63) is 85.3 Å². The molecular formula is C19H16IN3O2. The summed E-state index contributed by atoms with van der Waals surface area (Å²) in [5.41, 5.74) is 2.68. The maximum absolute atomic E-state index is 12.5. The number of benzene rings is 2. The Kier molecular flexibility index (Phi) is 4.98. The standard InChI is InChI=1S/C19H16IN3O2/c1-12-8-9-14(11-16(12)20)21-19(25)18-17(24)10-13(2)23(22-18)15-6-4-3-5-7-15/h3-11H,1-2H3,(H,21,25). The van der Waals surface area contributed by atoms with Crippen LogP contribution in [0, 0.1) is 17.4 Å². The predicted molar refractivity (Wildman–Crippen MR) is 106 cm³/mol. The van der Waals surface area contributed by atoms with Crippen LogP contribution in [0.5, 0.6) is 0 Å². The molecule has 1 aromatic heterocycles. The topological polar surface area (TPSA) is 64.0 Å². The van der Waals surface area contributed by atoms with Crippen LogP contribution in [-0.2, 0) is 0 Å². The number of hydrogen-bond donors (Lipinski definition) is 1. The quantitative estimate of drug-likeness (QED) is 0.626. The van der Waals surface area contributed by atoms with Gasteiger partial charge >= 0.3 is 0 Å². The lowest BCUT2D eigenvalue weighted by Gasteiger charge is -2.11. The second kappa shape index (κ2) is 7.18. The summed E-state index contributed by atoms with van der Waals surface area (Å²) in [7, 11) is 0. The summed E-state index contributed by atoms with van der Waals surface area (Å²) in [6, 6.07) is 16.4. The van der Waals surface area contributed by atoms with Crippen molar-refractivity contribution < 1.29 is 4.79 Å². The Morgan fingerprint density at radius 2 is 1.80 bits per heavy atom. The number of halogens is 1. The van der Waals surface area contributed by atoms with Gasteiger partial charge in [-0.2, -0.15) is 5.10 Å². The number of anilines is 1. The van der Waals surface area contributed by atoms with Gasteiger partial charge in [0.25, 0.3) is 5.91 Å². The molecule has 0 aliphatic rings. The second-order valence-electron chi connectivity index (χ2n) is 5.66. The average molecular weight is 445 g/mol. The Labute approximate surface area is 158 Å². The van der Waals surface area contributed by atoms with Gasteiger partial charge in [-0.05, 0) is 66.3 Å². The molecule has 0 atom stereocenters. The summed E-state index contributed by atoms with van der Waals surface area (Å²) < 4.78 is 2.63. The first-order chi connectivity index (χ1) is 12.0. The highest BCUT2D eigenvalue weighted by molar-refractivity contribution is 14.1. The zero-order valence-corrected chi connectivity index (χ0v) is 15.9. The Morgan fingerprint density at radius 1 is 1.08 bits per heavy atom. The summed E-state index contributed by atoms with van der Waals surface area (Å²) in [6.45, 7) is 3.78. The summed E-state index contributed by atoms with van der Waals surface area (Å²) >= 11 is 2.20. The molecule has 0 aliphatic heterocycles. The van der Waals surface area contributed by atoms with Gasteiger partial charge in [0.1, 0.15) is 0 Å². The van der Waals surface area contributed by atoms with Crippen LogP contribution < -0.4 is 10.7 Å². The van der Waals surface area contributed by atoms with Gasteiger partial charge in [0.05, 0.1) is 5.69 Å². The van der Waals surface area contributed by atoms with Gasteiger partial charge in [-0.3, -0.25) is 9.59 Å². The Balaban J connectivity index is 1.97. The van der Waals surface area contributed by atoms with E-state index >= 15 is 0 Å². The SMILES string of the molecule is Cc1ccc(NC(=O)c2nn(-c3ccccc3)c(C)cc2=O)cc1I. The first-order valence-electron chi connectivity index (χ1n) is 7.69. The van der Waals surface area contributed by atoms with Crippen molar-refractivity contribution in [2.24, 2.45) is 0 Å². The van der Waals surface area contributed by atoms with E-state index in [0.717, 1.165) is 14.8 Å². The van der Waals surface area contributed by atoms with E-state index in [9.17, 15) is 9.59 Å². The van der Waals surface area contributed by atoms with E-state index in [-0.39, 0.29) is 5.69 Å². The third-order valence-electron chi connectivity index (χ3n) is 3.75. The van der Waals surface area contributed by atoms with Crippen molar-refractivity contribution in [1.29, 1.82) is 0 Å². The van der Waals surface area contributed by atoms with Gasteiger partial charge in [-0.25, -0.2) is 4.68 Å². The van der Waals surface area contributed by atoms with E-state index in [1.807, 2.05) is 49.4 Å². The molecule has 0 aliphatic carbocycles. The molecule has 6 heteroatoms. The minimum atomic E-state index is -0.519. The van der Waals surface area contributed by atoms with Crippen LogP contribution in [0.25, 0.3) is 5.69 Å². The molecule has 0 fully saturated rings. The fraction of sp³-hybridized carbons (Fsp3) is 0.105. The molecule has 0 radical (unpaired) electrons. The number of aromatic nitrogens is 2. The van der Waals surface area contributed by atoms with Crippen LogP contribution in [0.15, 0.2) is 59.4 Å². The van der Waals surface area contributed by atoms with Gasteiger partial charge in [-0.1, -0.05) is 24.3 Å². The monoisotopic (exact) mass is 445 g/mol. The van der Waals surface area contributed by atoms with Crippen molar-refractivity contribution in [2.75, 3.05) is 5.32 Å². The van der Waals surface area contributed by atoms with E-state index < -0.39 is 11.3 Å². The van der Waals surface area contributed by atoms with Crippen molar-refractivity contribution in [3.63, 3.8) is 0 Å². The number of amides is 1. The highest BCUT2D eigenvalue weighted by Gasteiger charge is 2.15. The largest absolute Gasteiger partial charge is 0.320 e. The number of carbonyl (C=O) groups is 1. The molecule has 25 heavy (non-hydrogen) atoms. The molecule has 3 aromatic rings. The van der Waals surface area contributed by atoms with Crippen LogP contribution in [0.2, 0.25) is 0 Å².